The zero-order chi connectivity index (χ0) is 15.9. The van der Waals surface area contributed by atoms with Crippen LogP contribution in [0.25, 0.3) is 0 Å². The molecule has 0 unspecified atom stereocenters. The average molecular weight is 307 g/mol. The molecule has 0 aromatic carbocycles. The van der Waals surface area contributed by atoms with Gasteiger partial charge in [-0.1, -0.05) is 26.2 Å². The molecular weight excluding hydrogens is 282 g/mol. The normalized spacial score (nSPS) is 21.5. The monoisotopic (exact) mass is 307 g/mol. The lowest BCUT2D eigenvalue weighted by Gasteiger charge is -2.31. The van der Waals surface area contributed by atoms with Crippen molar-refractivity contribution in [2.24, 2.45) is 5.92 Å². The second-order valence-corrected chi connectivity index (χ2v) is 5.81. The molecule has 1 aliphatic rings. The third-order valence-corrected chi connectivity index (χ3v) is 4.36. The highest BCUT2D eigenvalue weighted by molar-refractivity contribution is 5.92. The van der Waals surface area contributed by atoms with Crippen LogP contribution in [0.15, 0.2) is 16.9 Å². The summed E-state index contributed by atoms with van der Waals surface area (Å²) >= 11 is 0. The Bertz CT molecular complexity index is 556. The third kappa shape index (κ3) is 4.16. The van der Waals surface area contributed by atoms with Crippen LogP contribution < -0.4 is 10.9 Å². The Balaban J connectivity index is 2.07. The summed E-state index contributed by atoms with van der Waals surface area (Å²) in [5.74, 6) is 0.341. The summed E-state index contributed by atoms with van der Waals surface area (Å²) in [6, 6.07) is 3.09. The van der Waals surface area contributed by atoms with Crippen LogP contribution in [-0.4, -0.2) is 35.4 Å². The van der Waals surface area contributed by atoms with Crippen LogP contribution in [0, 0.1) is 5.92 Å². The first-order valence-corrected chi connectivity index (χ1v) is 8.03. The van der Waals surface area contributed by atoms with Crippen molar-refractivity contribution in [2.75, 3.05) is 13.7 Å². The molecule has 6 nitrogen and oxygen atoms in total. The largest absolute Gasteiger partial charge is 0.383 e. The number of amides is 1. The number of aromatic nitrogens is 2. The first-order valence-electron chi connectivity index (χ1n) is 8.03. The maximum atomic E-state index is 12.4. The molecule has 0 radical (unpaired) electrons. The van der Waals surface area contributed by atoms with Gasteiger partial charge in [0, 0.05) is 19.2 Å². The number of nitrogens with zero attached hydrogens (tertiary/aromatic N) is 2. The number of carbonyl (C=O) groups is 1. The Kier molecular flexibility index (Phi) is 6.12. The number of hydrogen-bond donors (Lipinski definition) is 1. The van der Waals surface area contributed by atoms with E-state index in [9.17, 15) is 9.59 Å². The summed E-state index contributed by atoms with van der Waals surface area (Å²) in [5, 5.41) is 7.23. The van der Waals surface area contributed by atoms with Gasteiger partial charge in [-0.25, -0.2) is 4.68 Å². The molecular formula is C16H25N3O3. The zero-order valence-electron chi connectivity index (χ0n) is 13.4. The van der Waals surface area contributed by atoms with Crippen LogP contribution in [0.5, 0.6) is 0 Å². The summed E-state index contributed by atoms with van der Waals surface area (Å²) < 4.78 is 6.23. The van der Waals surface area contributed by atoms with Gasteiger partial charge in [0.05, 0.1) is 13.2 Å². The SMILES string of the molecule is CC[C@@H]1CCCC[C@H]1NC(=O)c1ccc(=O)n(CCOC)n1. The highest BCUT2D eigenvalue weighted by atomic mass is 16.5. The highest BCUT2D eigenvalue weighted by Crippen LogP contribution is 2.26. The summed E-state index contributed by atoms with van der Waals surface area (Å²) in [5.41, 5.74) is 0.0637. The third-order valence-electron chi connectivity index (χ3n) is 4.36. The van der Waals surface area contributed by atoms with Gasteiger partial charge in [-0.15, -0.1) is 0 Å². The highest BCUT2D eigenvalue weighted by Gasteiger charge is 2.25. The van der Waals surface area contributed by atoms with Gasteiger partial charge in [-0.3, -0.25) is 9.59 Å². The van der Waals surface area contributed by atoms with Gasteiger partial charge in [-0.05, 0) is 24.8 Å². The zero-order valence-corrected chi connectivity index (χ0v) is 13.4. The molecule has 0 bridgehead atoms. The van der Waals surface area contributed by atoms with Gasteiger partial charge in [0.25, 0.3) is 11.5 Å². The van der Waals surface area contributed by atoms with Crippen LogP contribution in [0.2, 0.25) is 0 Å². The summed E-state index contributed by atoms with van der Waals surface area (Å²) in [6.45, 7) is 2.90. The Labute approximate surface area is 130 Å². The first-order chi connectivity index (χ1) is 10.7. The van der Waals surface area contributed by atoms with Crippen molar-refractivity contribution in [1.29, 1.82) is 0 Å². The van der Waals surface area contributed by atoms with Crippen molar-refractivity contribution in [3.63, 3.8) is 0 Å². The molecule has 1 aliphatic carbocycles. The minimum absolute atomic E-state index is 0.198. The Morgan fingerprint density at radius 2 is 2.18 bits per heavy atom. The lowest BCUT2D eigenvalue weighted by Crippen LogP contribution is -2.42. The predicted molar refractivity (Wildman–Crippen MR) is 83.9 cm³/mol. The minimum Gasteiger partial charge on any atom is -0.383 e. The fourth-order valence-corrected chi connectivity index (χ4v) is 3.04. The molecule has 1 saturated carbocycles. The van der Waals surface area contributed by atoms with Crippen LogP contribution >= 0.6 is 0 Å². The van der Waals surface area contributed by atoms with E-state index in [1.165, 1.54) is 29.7 Å². The molecule has 1 N–H and O–H groups in total. The van der Waals surface area contributed by atoms with E-state index in [-0.39, 0.29) is 23.2 Å². The van der Waals surface area contributed by atoms with Crippen molar-refractivity contribution in [1.82, 2.24) is 15.1 Å². The summed E-state index contributed by atoms with van der Waals surface area (Å²) in [7, 11) is 1.57. The van der Waals surface area contributed by atoms with Crippen molar-refractivity contribution in [3.8, 4) is 0 Å². The Morgan fingerprint density at radius 3 is 2.91 bits per heavy atom. The average Bonchev–Trinajstić information content (AvgIpc) is 2.54. The van der Waals surface area contributed by atoms with Crippen molar-refractivity contribution in [3.05, 3.63) is 28.2 Å². The van der Waals surface area contributed by atoms with Crippen LogP contribution in [0.4, 0.5) is 0 Å². The van der Waals surface area contributed by atoms with E-state index in [1.54, 1.807) is 7.11 Å². The summed E-state index contributed by atoms with van der Waals surface area (Å²) in [4.78, 5) is 24.1. The molecule has 6 heteroatoms. The lowest BCUT2D eigenvalue weighted by molar-refractivity contribution is 0.0896. The predicted octanol–water partition coefficient (Wildman–Crippen LogP) is 1.59. The van der Waals surface area contributed by atoms with E-state index in [4.69, 9.17) is 4.74 Å². The van der Waals surface area contributed by atoms with Crippen molar-refractivity contribution >= 4 is 5.91 Å². The van der Waals surface area contributed by atoms with Gasteiger partial charge in [-0.2, -0.15) is 5.10 Å². The van der Waals surface area contributed by atoms with Crippen LogP contribution in [0.1, 0.15) is 49.5 Å². The standard InChI is InChI=1S/C16H25N3O3/c1-3-12-6-4-5-7-13(12)17-16(21)14-8-9-15(20)19(18-14)10-11-22-2/h8-9,12-13H,3-7,10-11H2,1-2H3,(H,17,21)/t12-,13-/m1/s1. The Hall–Kier alpha value is -1.69. The van der Waals surface area contributed by atoms with E-state index in [2.05, 4.69) is 17.3 Å². The maximum absolute atomic E-state index is 12.4. The first kappa shape index (κ1) is 16.7. The van der Waals surface area contributed by atoms with E-state index < -0.39 is 0 Å². The van der Waals surface area contributed by atoms with Crippen molar-refractivity contribution in [2.45, 2.75) is 51.6 Å². The molecule has 1 aromatic heterocycles. The molecule has 22 heavy (non-hydrogen) atoms. The second-order valence-electron chi connectivity index (χ2n) is 5.81. The number of hydrogen-bond acceptors (Lipinski definition) is 4. The van der Waals surface area contributed by atoms with Gasteiger partial charge in [0.1, 0.15) is 5.69 Å². The molecule has 1 fully saturated rings. The van der Waals surface area contributed by atoms with Gasteiger partial charge in [0.15, 0.2) is 0 Å². The summed E-state index contributed by atoms with van der Waals surface area (Å²) in [6.07, 6.45) is 5.66. The molecule has 1 heterocycles. The molecule has 1 aromatic rings. The van der Waals surface area contributed by atoms with E-state index in [0.717, 1.165) is 19.3 Å². The van der Waals surface area contributed by atoms with Crippen molar-refractivity contribution < 1.29 is 9.53 Å². The smallest absolute Gasteiger partial charge is 0.271 e. The molecule has 2 atom stereocenters. The topological polar surface area (TPSA) is 73.2 Å². The fraction of sp³-hybridized carbons (Fsp3) is 0.688. The van der Waals surface area contributed by atoms with Gasteiger partial charge >= 0.3 is 0 Å². The quantitative estimate of drug-likeness (QED) is 0.866. The number of methoxy groups -OCH3 is 1. The van der Waals surface area contributed by atoms with E-state index in [1.807, 2.05) is 0 Å². The maximum Gasteiger partial charge on any atom is 0.271 e. The molecule has 0 aliphatic heterocycles. The minimum atomic E-state index is -0.224. The van der Waals surface area contributed by atoms with Crippen LogP contribution in [-0.2, 0) is 11.3 Å². The fourth-order valence-electron chi connectivity index (χ4n) is 3.04. The lowest BCUT2D eigenvalue weighted by atomic mass is 9.83. The van der Waals surface area contributed by atoms with E-state index in [0.29, 0.717) is 19.1 Å². The molecule has 0 spiro atoms. The number of nitrogens with one attached hydrogen (secondary N) is 1. The molecule has 122 valence electrons. The number of rotatable bonds is 6. The van der Waals surface area contributed by atoms with Gasteiger partial charge < -0.3 is 10.1 Å². The number of ether oxygens (including phenoxy) is 1. The van der Waals surface area contributed by atoms with Crippen LogP contribution in [0.3, 0.4) is 0 Å². The Morgan fingerprint density at radius 1 is 1.41 bits per heavy atom. The molecule has 1 amide bonds. The molecule has 0 saturated heterocycles. The number of carbonyl (C=O) groups excluding carboxylic acids is 1. The molecule has 2 rings (SSSR count). The van der Waals surface area contributed by atoms with E-state index >= 15 is 0 Å². The second kappa shape index (κ2) is 8.08. The van der Waals surface area contributed by atoms with Gasteiger partial charge in [0.2, 0.25) is 0 Å².